The Morgan fingerprint density at radius 2 is 2.04 bits per heavy atom. The molecule has 2 aromatic heterocycles. The van der Waals surface area contributed by atoms with E-state index in [1.807, 2.05) is 37.4 Å². The number of nitrogens with zero attached hydrogens (tertiary/aromatic N) is 4. The lowest BCUT2D eigenvalue weighted by Crippen LogP contribution is -2.39. The molecule has 1 saturated carbocycles. The van der Waals surface area contributed by atoms with Crippen LogP contribution in [0.1, 0.15) is 44.0 Å². The van der Waals surface area contributed by atoms with E-state index in [9.17, 15) is 4.79 Å². The summed E-state index contributed by atoms with van der Waals surface area (Å²) in [5.41, 5.74) is 2.76. The normalized spacial score (nSPS) is 13.5. The van der Waals surface area contributed by atoms with Gasteiger partial charge in [-0.3, -0.25) is 0 Å². The van der Waals surface area contributed by atoms with Gasteiger partial charge in [-0.05, 0) is 38.3 Å². The van der Waals surface area contributed by atoms with Crippen LogP contribution in [0.5, 0.6) is 0 Å². The van der Waals surface area contributed by atoms with E-state index in [2.05, 4.69) is 26.3 Å². The summed E-state index contributed by atoms with van der Waals surface area (Å²) in [5.74, 6) is 1.37. The van der Waals surface area contributed by atoms with Crippen LogP contribution >= 0.6 is 11.3 Å². The predicted molar refractivity (Wildman–Crippen MR) is 111 cm³/mol. The molecular formula is C21H23N5OS. The molecule has 1 aromatic carbocycles. The van der Waals surface area contributed by atoms with Crippen molar-refractivity contribution in [3.8, 4) is 10.6 Å². The lowest BCUT2D eigenvalue weighted by molar-refractivity contribution is 0.193. The number of anilines is 1. The molecule has 144 valence electrons. The standard InChI is InChI=1S/C21H23N5OS/c1-14(2)26(13-15-4-3-5-17(10-15)20-22-8-9-28-20)21(27)25-18-11-23-19(24-12-18)16-6-7-16/h3-5,8-12,14,16H,6-7,13H2,1-2H3,(H,25,27). The highest BCUT2D eigenvalue weighted by Crippen LogP contribution is 2.37. The molecule has 1 fully saturated rings. The Bertz CT molecular complexity index is 936. The number of urea groups is 1. The number of nitrogens with one attached hydrogen (secondary N) is 1. The molecule has 1 aliphatic rings. The maximum atomic E-state index is 12.9. The lowest BCUT2D eigenvalue weighted by atomic mass is 10.1. The summed E-state index contributed by atoms with van der Waals surface area (Å²) in [6, 6.07) is 8.07. The molecule has 3 aromatic rings. The number of hydrogen-bond donors (Lipinski definition) is 1. The Kier molecular flexibility index (Phi) is 5.34. The zero-order valence-corrected chi connectivity index (χ0v) is 16.8. The van der Waals surface area contributed by atoms with Crippen LogP contribution in [0.4, 0.5) is 10.5 Å². The first-order valence-corrected chi connectivity index (χ1v) is 10.4. The highest BCUT2D eigenvalue weighted by molar-refractivity contribution is 7.13. The Balaban J connectivity index is 1.46. The van der Waals surface area contributed by atoms with Crippen molar-refractivity contribution in [3.05, 3.63) is 59.6 Å². The minimum absolute atomic E-state index is 0.0511. The fourth-order valence-electron chi connectivity index (χ4n) is 3.00. The van der Waals surface area contributed by atoms with Crippen LogP contribution in [0, 0.1) is 0 Å². The number of carbonyl (C=O) groups is 1. The SMILES string of the molecule is CC(C)N(Cc1cccc(-c2nccs2)c1)C(=O)Nc1cnc(C2CC2)nc1. The summed E-state index contributed by atoms with van der Waals surface area (Å²) in [7, 11) is 0. The lowest BCUT2D eigenvalue weighted by Gasteiger charge is -2.27. The van der Waals surface area contributed by atoms with Crippen molar-refractivity contribution >= 4 is 23.1 Å². The maximum Gasteiger partial charge on any atom is 0.322 e. The van der Waals surface area contributed by atoms with E-state index in [-0.39, 0.29) is 12.1 Å². The molecule has 0 bridgehead atoms. The fourth-order valence-corrected chi connectivity index (χ4v) is 3.64. The van der Waals surface area contributed by atoms with Crippen molar-refractivity contribution in [2.45, 2.75) is 45.2 Å². The number of carbonyl (C=O) groups excluding carboxylic acids is 1. The first-order valence-electron chi connectivity index (χ1n) is 9.48. The maximum absolute atomic E-state index is 12.9. The molecule has 0 atom stereocenters. The van der Waals surface area contributed by atoms with Crippen LogP contribution in [0.15, 0.2) is 48.2 Å². The van der Waals surface area contributed by atoms with Gasteiger partial charge in [0.05, 0.1) is 18.1 Å². The molecule has 1 aliphatic carbocycles. The molecule has 0 saturated heterocycles. The number of aromatic nitrogens is 3. The number of benzene rings is 1. The van der Waals surface area contributed by atoms with E-state index in [1.165, 1.54) is 0 Å². The second-order valence-corrected chi connectivity index (χ2v) is 8.19. The van der Waals surface area contributed by atoms with Gasteiger partial charge in [0.15, 0.2) is 0 Å². The third-order valence-corrected chi connectivity index (χ3v) is 5.53. The molecule has 0 radical (unpaired) electrons. The molecular weight excluding hydrogens is 370 g/mol. The number of rotatable bonds is 6. The van der Waals surface area contributed by atoms with Crippen molar-refractivity contribution in [1.29, 1.82) is 0 Å². The second kappa shape index (κ2) is 8.06. The molecule has 28 heavy (non-hydrogen) atoms. The van der Waals surface area contributed by atoms with Gasteiger partial charge in [-0.25, -0.2) is 19.7 Å². The average Bonchev–Trinajstić information content (AvgIpc) is 3.40. The Hall–Kier alpha value is -2.80. The van der Waals surface area contributed by atoms with E-state index in [4.69, 9.17) is 0 Å². The third kappa shape index (κ3) is 4.36. The van der Waals surface area contributed by atoms with Crippen molar-refractivity contribution in [3.63, 3.8) is 0 Å². The molecule has 2 amide bonds. The van der Waals surface area contributed by atoms with Gasteiger partial charge in [0, 0.05) is 35.6 Å². The van der Waals surface area contributed by atoms with Crippen LogP contribution < -0.4 is 5.32 Å². The molecule has 0 spiro atoms. The highest BCUT2D eigenvalue weighted by atomic mass is 32.1. The van der Waals surface area contributed by atoms with Gasteiger partial charge < -0.3 is 10.2 Å². The Morgan fingerprint density at radius 3 is 2.68 bits per heavy atom. The third-order valence-electron chi connectivity index (χ3n) is 4.71. The fraction of sp³-hybridized carbons (Fsp3) is 0.333. The van der Waals surface area contributed by atoms with Gasteiger partial charge in [0.1, 0.15) is 10.8 Å². The second-order valence-electron chi connectivity index (χ2n) is 7.29. The van der Waals surface area contributed by atoms with Crippen molar-refractivity contribution in [2.24, 2.45) is 0 Å². The molecule has 7 heteroatoms. The minimum atomic E-state index is -0.155. The van der Waals surface area contributed by atoms with Gasteiger partial charge in [-0.2, -0.15) is 0 Å². The number of hydrogen-bond acceptors (Lipinski definition) is 5. The van der Waals surface area contributed by atoms with E-state index in [1.54, 1.807) is 34.8 Å². The summed E-state index contributed by atoms with van der Waals surface area (Å²) >= 11 is 1.61. The van der Waals surface area contributed by atoms with Crippen molar-refractivity contribution in [1.82, 2.24) is 19.9 Å². The zero-order valence-electron chi connectivity index (χ0n) is 16.0. The average molecular weight is 394 g/mol. The Morgan fingerprint density at radius 1 is 1.25 bits per heavy atom. The monoisotopic (exact) mass is 393 g/mol. The smallest absolute Gasteiger partial charge is 0.318 e. The molecule has 0 unspecified atom stereocenters. The summed E-state index contributed by atoms with van der Waals surface area (Å²) in [5, 5.41) is 5.87. The molecule has 1 N–H and O–H groups in total. The summed E-state index contributed by atoms with van der Waals surface area (Å²) < 4.78 is 0. The molecule has 0 aliphatic heterocycles. The topological polar surface area (TPSA) is 71.0 Å². The molecule has 2 heterocycles. The van der Waals surface area contributed by atoms with Crippen LogP contribution in [-0.2, 0) is 6.54 Å². The quantitative estimate of drug-likeness (QED) is 0.645. The first kappa shape index (κ1) is 18.6. The largest absolute Gasteiger partial charge is 0.322 e. The molecule has 6 nitrogen and oxygen atoms in total. The predicted octanol–water partition coefficient (Wildman–Crippen LogP) is 4.92. The Labute approximate surface area is 168 Å². The number of amides is 2. The van der Waals surface area contributed by atoms with E-state index < -0.39 is 0 Å². The van der Waals surface area contributed by atoms with Gasteiger partial charge in [-0.15, -0.1) is 11.3 Å². The van der Waals surface area contributed by atoms with Gasteiger partial charge >= 0.3 is 6.03 Å². The van der Waals surface area contributed by atoms with Gasteiger partial charge in [-0.1, -0.05) is 18.2 Å². The highest BCUT2D eigenvalue weighted by Gasteiger charge is 2.26. The van der Waals surface area contributed by atoms with Gasteiger partial charge in [0.25, 0.3) is 0 Å². The summed E-state index contributed by atoms with van der Waals surface area (Å²) in [4.78, 5) is 27.8. The summed E-state index contributed by atoms with van der Waals surface area (Å²) in [6.07, 6.45) is 7.51. The van der Waals surface area contributed by atoms with Gasteiger partial charge in [0.2, 0.25) is 0 Å². The van der Waals surface area contributed by atoms with E-state index in [0.717, 1.165) is 34.8 Å². The summed E-state index contributed by atoms with van der Waals surface area (Å²) in [6.45, 7) is 4.54. The van der Waals surface area contributed by atoms with E-state index >= 15 is 0 Å². The van der Waals surface area contributed by atoms with Crippen LogP contribution in [0.3, 0.4) is 0 Å². The zero-order chi connectivity index (χ0) is 19.5. The van der Waals surface area contributed by atoms with Crippen LogP contribution in [-0.4, -0.2) is 31.9 Å². The number of thiazole rings is 1. The molecule has 4 rings (SSSR count). The van der Waals surface area contributed by atoms with E-state index in [0.29, 0.717) is 18.2 Å². The first-order chi connectivity index (χ1) is 13.6. The van der Waals surface area contributed by atoms with Crippen LogP contribution in [0.2, 0.25) is 0 Å². The van der Waals surface area contributed by atoms with Crippen molar-refractivity contribution < 1.29 is 4.79 Å². The minimum Gasteiger partial charge on any atom is -0.318 e. The van der Waals surface area contributed by atoms with Crippen LogP contribution in [0.25, 0.3) is 10.6 Å². The van der Waals surface area contributed by atoms with Crippen molar-refractivity contribution in [2.75, 3.05) is 5.32 Å².